The first-order chi connectivity index (χ1) is 9.19. The zero-order chi connectivity index (χ0) is 13.8. The van der Waals surface area contributed by atoms with Crippen LogP contribution >= 0.6 is 0 Å². The fourth-order valence-electron chi connectivity index (χ4n) is 2.19. The third-order valence-electron chi connectivity index (χ3n) is 3.19. The molecule has 1 heterocycles. The topological polar surface area (TPSA) is 55.4 Å². The van der Waals surface area contributed by atoms with Crippen molar-refractivity contribution < 1.29 is 14.3 Å². The normalized spacial score (nSPS) is 15.8. The van der Waals surface area contributed by atoms with Crippen molar-refractivity contribution in [3.63, 3.8) is 0 Å². The molecule has 1 aliphatic heterocycles. The van der Waals surface area contributed by atoms with Gasteiger partial charge in [-0.1, -0.05) is 31.5 Å². The Hall–Kier alpha value is -2.10. The Morgan fingerprint density at radius 3 is 2.58 bits per heavy atom. The molecule has 0 aromatic heterocycles. The van der Waals surface area contributed by atoms with Crippen LogP contribution < -0.4 is 5.32 Å². The van der Waals surface area contributed by atoms with Crippen LogP contribution in [0.1, 0.15) is 42.1 Å². The Morgan fingerprint density at radius 2 is 1.95 bits per heavy atom. The summed E-state index contributed by atoms with van der Waals surface area (Å²) in [7, 11) is 1.36. The smallest absolute Gasteiger partial charge is 0.335 e. The number of benzene rings is 1. The summed E-state index contributed by atoms with van der Waals surface area (Å²) in [6, 6.07) is 7.27. The number of nitrogens with one attached hydrogen (secondary N) is 1. The molecule has 0 atom stereocenters. The lowest BCUT2D eigenvalue weighted by Crippen LogP contribution is -2.17. The number of esters is 1. The Labute approximate surface area is 112 Å². The number of hydrogen-bond donors (Lipinski definition) is 1. The minimum absolute atomic E-state index is 0.163. The highest BCUT2D eigenvalue weighted by Crippen LogP contribution is 2.29. The van der Waals surface area contributed by atoms with E-state index in [-0.39, 0.29) is 11.9 Å². The van der Waals surface area contributed by atoms with Gasteiger partial charge in [-0.3, -0.25) is 4.79 Å². The highest BCUT2D eigenvalue weighted by molar-refractivity contribution is 6.13. The number of carbonyl (C=O) groups is 2. The molecule has 1 aromatic carbocycles. The van der Waals surface area contributed by atoms with Crippen LogP contribution in [0.5, 0.6) is 0 Å². The van der Waals surface area contributed by atoms with E-state index in [1.54, 1.807) is 6.07 Å². The van der Waals surface area contributed by atoms with Gasteiger partial charge in [0.05, 0.1) is 18.4 Å². The summed E-state index contributed by atoms with van der Waals surface area (Å²) in [5, 5.41) is 2.78. The number of carbonyl (C=O) groups excluding carboxylic acids is 2. The fourth-order valence-corrected chi connectivity index (χ4v) is 2.19. The molecular formula is C15H17NO3. The summed E-state index contributed by atoms with van der Waals surface area (Å²) >= 11 is 0. The first kappa shape index (κ1) is 13.3. The summed E-state index contributed by atoms with van der Waals surface area (Å²) in [4.78, 5) is 23.8. The van der Waals surface area contributed by atoms with Gasteiger partial charge >= 0.3 is 5.97 Å². The van der Waals surface area contributed by atoms with E-state index < -0.39 is 0 Å². The standard InChI is InChI=1S/C15H17NO3/c1-3-4-7-12(15(18)19-2)13-10-8-5-6-9-11(10)14(17)16-13/h5-6,8-9H,3-4,7H2,1-2H3,(H,16,17)/b13-12-. The molecule has 100 valence electrons. The summed E-state index contributed by atoms with van der Waals surface area (Å²) in [6.45, 7) is 2.06. The van der Waals surface area contributed by atoms with E-state index in [2.05, 4.69) is 12.2 Å². The van der Waals surface area contributed by atoms with Crippen LogP contribution in [0.2, 0.25) is 0 Å². The van der Waals surface area contributed by atoms with Crippen molar-refractivity contribution in [1.29, 1.82) is 0 Å². The van der Waals surface area contributed by atoms with Crippen molar-refractivity contribution in [1.82, 2.24) is 5.32 Å². The van der Waals surface area contributed by atoms with Crippen LogP contribution in [0, 0.1) is 0 Å². The fraction of sp³-hybridized carbons (Fsp3) is 0.333. The summed E-state index contributed by atoms with van der Waals surface area (Å²) in [6.07, 6.45) is 2.46. The van der Waals surface area contributed by atoms with Crippen molar-refractivity contribution in [3.8, 4) is 0 Å². The van der Waals surface area contributed by atoms with E-state index in [1.165, 1.54) is 7.11 Å². The van der Waals surface area contributed by atoms with E-state index >= 15 is 0 Å². The maximum Gasteiger partial charge on any atom is 0.335 e. The molecule has 19 heavy (non-hydrogen) atoms. The zero-order valence-electron chi connectivity index (χ0n) is 11.2. The highest BCUT2D eigenvalue weighted by Gasteiger charge is 2.28. The van der Waals surface area contributed by atoms with Gasteiger partial charge in [0.1, 0.15) is 0 Å². The van der Waals surface area contributed by atoms with Gasteiger partial charge in [-0.25, -0.2) is 4.79 Å². The van der Waals surface area contributed by atoms with Crippen LogP contribution in [0.25, 0.3) is 5.70 Å². The molecule has 1 N–H and O–H groups in total. The molecule has 0 fully saturated rings. The molecule has 1 aromatic rings. The van der Waals surface area contributed by atoms with Crippen LogP contribution in [-0.4, -0.2) is 19.0 Å². The van der Waals surface area contributed by atoms with Gasteiger partial charge in [0.2, 0.25) is 0 Å². The first-order valence-corrected chi connectivity index (χ1v) is 6.41. The van der Waals surface area contributed by atoms with E-state index in [0.29, 0.717) is 23.3 Å². The van der Waals surface area contributed by atoms with Crippen LogP contribution in [-0.2, 0) is 9.53 Å². The van der Waals surface area contributed by atoms with E-state index in [4.69, 9.17) is 4.74 Å². The van der Waals surface area contributed by atoms with Gasteiger partial charge in [0, 0.05) is 11.1 Å². The second kappa shape index (κ2) is 5.69. The van der Waals surface area contributed by atoms with E-state index in [1.807, 2.05) is 18.2 Å². The Kier molecular flexibility index (Phi) is 4.00. The number of fused-ring (bicyclic) bond motifs is 1. The minimum Gasteiger partial charge on any atom is -0.466 e. The molecule has 0 bridgehead atoms. The largest absolute Gasteiger partial charge is 0.466 e. The Morgan fingerprint density at radius 1 is 1.26 bits per heavy atom. The van der Waals surface area contributed by atoms with Crippen LogP contribution in [0.3, 0.4) is 0 Å². The molecule has 1 aliphatic rings. The Bertz CT molecular complexity index is 546. The molecule has 0 aliphatic carbocycles. The second-order valence-corrected chi connectivity index (χ2v) is 4.45. The van der Waals surface area contributed by atoms with Gasteiger partial charge in [-0.2, -0.15) is 0 Å². The van der Waals surface area contributed by atoms with Gasteiger partial charge in [-0.15, -0.1) is 0 Å². The molecule has 0 spiro atoms. The van der Waals surface area contributed by atoms with Gasteiger partial charge in [-0.05, 0) is 18.9 Å². The molecule has 2 rings (SSSR count). The van der Waals surface area contributed by atoms with Gasteiger partial charge < -0.3 is 10.1 Å². The molecule has 0 saturated heterocycles. The SMILES string of the molecule is CCCC/C(C(=O)OC)=C1/NC(=O)c2ccccc21. The number of hydrogen-bond acceptors (Lipinski definition) is 3. The number of unbranched alkanes of at least 4 members (excludes halogenated alkanes) is 1. The quantitative estimate of drug-likeness (QED) is 0.667. The van der Waals surface area contributed by atoms with Crippen molar-refractivity contribution in [2.75, 3.05) is 7.11 Å². The second-order valence-electron chi connectivity index (χ2n) is 4.45. The minimum atomic E-state index is -0.375. The van der Waals surface area contributed by atoms with Gasteiger partial charge in [0.15, 0.2) is 0 Å². The third kappa shape index (κ3) is 2.52. The van der Waals surface area contributed by atoms with Crippen LogP contribution in [0.4, 0.5) is 0 Å². The lowest BCUT2D eigenvalue weighted by molar-refractivity contribution is -0.136. The van der Waals surface area contributed by atoms with Crippen LogP contribution in [0.15, 0.2) is 29.8 Å². The average Bonchev–Trinajstić information content (AvgIpc) is 2.77. The maximum absolute atomic E-state index is 11.9. The average molecular weight is 259 g/mol. The number of amides is 1. The van der Waals surface area contributed by atoms with Crippen molar-refractivity contribution in [2.24, 2.45) is 0 Å². The molecular weight excluding hydrogens is 242 g/mol. The number of methoxy groups -OCH3 is 1. The highest BCUT2D eigenvalue weighted by atomic mass is 16.5. The van der Waals surface area contributed by atoms with Gasteiger partial charge in [0.25, 0.3) is 5.91 Å². The summed E-state index contributed by atoms with van der Waals surface area (Å²) in [5.74, 6) is -0.538. The molecule has 4 nitrogen and oxygen atoms in total. The first-order valence-electron chi connectivity index (χ1n) is 6.41. The predicted molar refractivity (Wildman–Crippen MR) is 72.4 cm³/mol. The monoisotopic (exact) mass is 259 g/mol. The molecule has 0 unspecified atom stereocenters. The Balaban J connectivity index is 2.49. The maximum atomic E-state index is 11.9. The lowest BCUT2D eigenvalue weighted by Gasteiger charge is -2.09. The molecule has 0 saturated carbocycles. The van der Waals surface area contributed by atoms with E-state index in [0.717, 1.165) is 18.4 Å². The lowest BCUT2D eigenvalue weighted by atomic mass is 10.0. The third-order valence-corrected chi connectivity index (χ3v) is 3.19. The number of ether oxygens (including phenoxy) is 1. The zero-order valence-corrected chi connectivity index (χ0v) is 11.2. The number of rotatable bonds is 4. The summed E-state index contributed by atoms with van der Waals surface area (Å²) in [5.41, 5.74) is 2.53. The molecule has 4 heteroatoms. The predicted octanol–water partition coefficient (Wildman–Crippen LogP) is 2.50. The van der Waals surface area contributed by atoms with Crippen molar-refractivity contribution >= 4 is 17.6 Å². The molecule has 0 radical (unpaired) electrons. The van der Waals surface area contributed by atoms with E-state index in [9.17, 15) is 9.59 Å². The van der Waals surface area contributed by atoms with Crippen molar-refractivity contribution in [2.45, 2.75) is 26.2 Å². The molecule has 1 amide bonds. The summed E-state index contributed by atoms with van der Waals surface area (Å²) < 4.78 is 4.82. The van der Waals surface area contributed by atoms with Crippen molar-refractivity contribution in [3.05, 3.63) is 41.0 Å².